The lowest BCUT2D eigenvalue weighted by Gasteiger charge is -2.04. The van der Waals surface area contributed by atoms with Crippen molar-refractivity contribution in [2.24, 2.45) is 0 Å². The van der Waals surface area contributed by atoms with Gasteiger partial charge < -0.3 is 9.84 Å². The second-order valence-electron chi connectivity index (χ2n) is 4.61. The van der Waals surface area contributed by atoms with Gasteiger partial charge in [0, 0.05) is 23.1 Å². The lowest BCUT2D eigenvalue weighted by atomic mass is 10.00. The molecule has 4 nitrogen and oxygen atoms in total. The highest BCUT2D eigenvalue weighted by molar-refractivity contribution is 6.02. The molecule has 0 saturated carbocycles. The number of amides is 1. The minimum Gasteiger partial charge on any atom is -0.356 e. The maximum atomic E-state index is 11.3. The largest absolute Gasteiger partial charge is 0.356 e. The molecule has 1 aromatic heterocycles. The van der Waals surface area contributed by atoms with Crippen LogP contribution in [0.15, 0.2) is 16.7 Å². The molecule has 4 heteroatoms. The van der Waals surface area contributed by atoms with Crippen molar-refractivity contribution in [3.8, 4) is 0 Å². The summed E-state index contributed by atoms with van der Waals surface area (Å²) >= 11 is 0. The smallest absolute Gasteiger partial charge is 0.228 e. The fourth-order valence-corrected chi connectivity index (χ4v) is 2.23. The average molecular weight is 230 g/mol. The van der Waals surface area contributed by atoms with Gasteiger partial charge in [-0.3, -0.25) is 4.79 Å². The first kappa shape index (κ1) is 10.3. The zero-order valence-corrected chi connectivity index (χ0v) is 9.91. The van der Waals surface area contributed by atoms with Crippen LogP contribution in [0.25, 0.3) is 11.0 Å². The molecule has 1 atom stereocenters. The number of benzene rings is 1. The lowest BCUT2D eigenvalue weighted by Crippen LogP contribution is -2.03. The highest BCUT2D eigenvalue weighted by Crippen LogP contribution is 2.33. The Kier molecular flexibility index (Phi) is 2.18. The van der Waals surface area contributed by atoms with Gasteiger partial charge in [0.15, 0.2) is 5.58 Å². The molecular formula is C13H14N2O2. The summed E-state index contributed by atoms with van der Waals surface area (Å²) in [6, 6.07) is 3.90. The number of aromatic nitrogens is 1. The van der Waals surface area contributed by atoms with Crippen LogP contribution in [0.4, 0.5) is 5.69 Å². The summed E-state index contributed by atoms with van der Waals surface area (Å²) in [6.07, 6.45) is 1.48. The van der Waals surface area contributed by atoms with Gasteiger partial charge in [0.25, 0.3) is 0 Å². The van der Waals surface area contributed by atoms with Crippen LogP contribution in [-0.2, 0) is 11.2 Å². The first-order valence-corrected chi connectivity index (χ1v) is 5.91. The van der Waals surface area contributed by atoms with Gasteiger partial charge in [-0.05, 0) is 18.1 Å². The van der Waals surface area contributed by atoms with Crippen molar-refractivity contribution in [1.82, 2.24) is 5.16 Å². The normalized spacial score (nSPS) is 16.0. The fraction of sp³-hybridized carbons (Fsp3) is 0.385. The van der Waals surface area contributed by atoms with Gasteiger partial charge in [0.05, 0.1) is 12.1 Å². The van der Waals surface area contributed by atoms with Gasteiger partial charge in [-0.2, -0.15) is 0 Å². The quantitative estimate of drug-likeness (QED) is 0.863. The summed E-state index contributed by atoms with van der Waals surface area (Å²) in [5.74, 6) is 0.421. The number of carbonyl (C=O) groups is 1. The predicted molar refractivity (Wildman–Crippen MR) is 65.0 cm³/mol. The molecule has 1 unspecified atom stereocenters. The molecule has 2 heterocycles. The Morgan fingerprint density at radius 2 is 2.35 bits per heavy atom. The maximum absolute atomic E-state index is 11.3. The van der Waals surface area contributed by atoms with Crippen LogP contribution >= 0.6 is 0 Å². The van der Waals surface area contributed by atoms with E-state index in [9.17, 15) is 4.79 Å². The van der Waals surface area contributed by atoms with Crippen molar-refractivity contribution in [3.05, 3.63) is 23.4 Å². The number of rotatable bonds is 2. The van der Waals surface area contributed by atoms with Crippen molar-refractivity contribution in [3.63, 3.8) is 0 Å². The number of hydrogen-bond donors (Lipinski definition) is 1. The standard InChI is InChI=1S/C13H14N2O2/c1-3-7(2)13-9-4-8-5-12(16)14-10(8)6-11(9)17-15-13/h4,6-7H,3,5H2,1-2H3,(H,14,16). The summed E-state index contributed by atoms with van der Waals surface area (Å²) in [6.45, 7) is 4.26. The molecule has 0 fully saturated rings. The third-order valence-corrected chi connectivity index (χ3v) is 3.43. The van der Waals surface area contributed by atoms with Crippen molar-refractivity contribution in [2.45, 2.75) is 32.6 Å². The highest BCUT2D eigenvalue weighted by Gasteiger charge is 2.22. The van der Waals surface area contributed by atoms with Gasteiger partial charge in [0.1, 0.15) is 0 Å². The van der Waals surface area contributed by atoms with E-state index in [0.717, 1.165) is 34.3 Å². The SMILES string of the molecule is CCC(C)c1noc2cc3c(cc12)CC(=O)N3. The predicted octanol–water partition coefficient (Wildman–Crippen LogP) is 2.84. The monoisotopic (exact) mass is 230 g/mol. The van der Waals surface area contributed by atoms with E-state index in [-0.39, 0.29) is 5.91 Å². The van der Waals surface area contributed by atoms with E-state index in [1.54, 1.807) is 0 Å². The molecule has 1 aromatic carbocycles. The molecule has 2 aromatic rings. The van der Waals surface area contributed by atoms with E-state index >= 15 is 0 Å². The number of nitrogens with one attached hydrogen (secondary N) is 1. The minimum absolute atomic E-state index is 0.0469. The second kappa shape index (κ2) is 3.58. The van der Waals surface area contributed by atoms with E-state index in [2.05, 4.69) is 24.3 Å². The van der Waals surface area contributed by atoms with Crippen LogP contribution in [0.5, 0.6) is 0 Å². The minimum atomic E-state index is 0.0469. The zero-order chi connectivity index (χ0) is 12.0. The number of fused-ring (bicyclic) bond motifs is 2. The summed E-state index contributed by atoms with van der Waals surface area (Å²) in [4.78, 5) is 11.3. The van der Waals surface area contributed by atoms with Crippen molar-refractivity contribution in [1.29, 1.82) is 0 Å². The van der Waals surface area contributed by atoms with Gasteiger partial charge in [-0.15, -0.1) is 0 Å². The van der Waals surface area contributed by atoms with Crippen molar-refractivity contribution in [2.75, 3.05) is 5.32 Å². The van der Waals surface area contributed by atoms with Crippen molar-refractivity contribution < 1.29 is 9.32 Å². The highest BCUT2D eigenvalue weighted by atomic mass is 16.5. The first-order valence-electron chi connectivity index (χ1n) is 5.91. The summed E-state index contributed by atoms with van der Waals surface area (Å²) in [7, 11) is 0. The van der Waals surface area contributed by atoms with E-state index in [0.29, 0.717) is 12.3 Å². The molecule has 0 aliphatic carbocycles. The molecule has 88 valence electrons. The fourth-order valence-electron chi connectivity index (χ4n) is 2.23. The van der Waals surface area contributed by atoms with Crippen LogP contribution in [0, 0.1) is 0 Å². The number of anilines is 1. The average Bonchev–Trinajstić information content (AvgIpc) is 2.86. The number of carbonyl (C=O) groups excluding carboxylic acids is 1. The zero-order valence-electron chi connectivity index (χ0n) is 9.91. The summed E-state index contributed by atoms with van der Waals surface area (Å²) in [5, 5.41) is 7.99. The van der Waals surface area contributed by atoms with Crippen molar-refractivity contribution >= 4 is 22.6 Å². The van der Waals surface area contributed by atoms with Gasteiger partial charge in [-0.1, -0.05) is 19.0 Å². The molecule has 1 amide bonds. The van der Waals surface area contributed by atoms with Crippen LogP contribution in [0.2, 0.25) is 0 Å². The number of hydrogen-bond acceptors (Lipinski definition) is 3. The molecule has 1 N–H and O–H groups in total. The Balaban J connectivity index is 2.18. The van der Waals surface area contributed by atoms with Crippen LogP contribution in [-0.4, -0.2) is 11.1 Å². The van der Waals surface area contributed by atoms with E-state index in [4.69, 9.17) is 4.52 Å². The molecule has 1 aliphatic rings. The Hall–Kier alpha value is -1.84. The third-order valence-electron chi connectivity index (χ3n) is 3.43. The molecule has 0 saturated heterocycles. The Bertz CT molecular complexity index is 601. The van der Waals surface area contributed by atoms with Gasteiger partial charge >= 0.3 is 0 Å². The summed E-state index contributed by atoms with van der Waals surface area (Å²) in [5.41, 5.74) is 3.63. The van der Waals surface area contributed by atoms with Gasteiger partial charge in [-0.25, -0.2) is 0 Å². The molecule has 17 heavy (non-hydrogen) atoms. The molecule has 0 bridgehead atoms. The van der Waals surface area contributed by atoms with Gasteiger partial charge in [0.2, 0.25) is 5.91 Å². The van der Waals surface area contributed by atoms with Crippen LogP contribution in [0.3, 0.4) is 0 Å². The molecule has 0 radical (unpaired) electrons. The molecule has 0 spiro atoms. The van der Waals surface area contributed by atoms with E-state index in [1.165, 1.54) is 0 Å². The molecular weight excluding hydrogens is 216 g/mol. The summed E-state index contributed by atoms with van der Waals surface area (Å²) < 4.78 is 5.33. The Labute approximate surface area is 99.0 Å². The molecule has 1 aliphatic heterocycles. The van der Waals surface area contributed by atoms with E-state index in [1.807, 2.05) is 12.1 Å². The van der Waals surface area contributed by atoms with Crippen LogP contribution in [0.1, 0.15) is 37.4 Å². The second-order valence-corrected chi connectivity index (χ2v) is 4.61. The first-order chi connectivity index (χ1) is 8.19. The third kappa shape index (κ3) is 1.52. The maximum Gasteiger partial charge on any atom is 0.228 e. The van der Waals surface area contributed by atoms with Crippen LogP contribution < -0.4 is 5.32 Å². The number of nitrogens with zero attached hydrogens (tertiary/aromatic N) is 1. The Morgan fingerprint density at radius 1 is 1.53 bits per heavy atom. The lowest BCUT2D eigenvalue weighted by molar-refractivity contribution is -0.115. The molecule has 3 rings (SSSR count). The Morgan fingerprint density at radius 3 is 3.12 bits per heavy atom. The topological polar surface area (TPSA) is 55.1 Å². The van der Waals surface area contributed by atoms with E-state index < -0.39 is 0 Å².